The van der Waals surface area contributed by atoms with E-state index in [0.29, 0.717) is 0 Å². The van der Waals surface area contributed by atoms with Crippen molar-refractivity contribution in [3.05, 3.63) is 29.8 Å². The molecule has 0 heterocycles. The SMILES string of the molecule is NC(N)=N/N=C/c1ccc(N(CCBr)CCBr)cc1. The molecule has 0 unspecified atom stereocenters. The maximum atomic E-state index is 5.19. The Morgan fingerprint density at radius 1 is 1.11 bits per heavy atom. The zero-order valence-corrected chi connectivity index (χ0v) is 13.6. The molecular weight excluding hydrogens is 374 g/mol. The minimum absolute atomic E-state index is 0.0475. The average molecular weight is 391 g/mol. The molecular formula is C12H17Br2N5. The summed E-state index contributed by atoms with van der Waals surface area (Å²) >= 11 is 6.93. The van der Waals surface area contributed by atoms with Crippen LogP contribution < -0.4 is 16.4 Å². The van der Waals surface area contributed by atoms with Crippen LogP contribution in [0.3, 0.4) is 0 Å². The molecule has 0 atom stereocenters. The van der Waals surface area contributed by atoms with Gasteiger partial charge in [-0.25, -0.2) is 0 Å². The van der Waals surface area contributed by atoms with E-state index in [-0.39, 0.29) is 5.96 Å². The van der Waals surface area contributed by atoms with Crippen molar-refractivity contribution in [1.29, 1.82) is 0 Å². The Hall–Kier alpha value is -1.08. The fraction of sp³-hybridized carbons (Fsp3) is 0.333. The van der Waals surface area contributed by atoms with Crippen molar-refractivity contribution in [3.8, 4) is 0 Å². The predicted octanol–water partition coefficient (Wildman–Crippen LogP) is 1.89. The minimum atomic E-state index is -0.0475. The van der Waals surface area contributed by atoms with Crippen LogP contribution in [0.1, 0.15) is 5.56 Å². The van der Waals surface area contributed by atoms with Crippen molar-refractivity contribution in [1.82, 2.24) is 0 Å². The molecule has 0 aliphatic rings. The van der Waals surface area contributed by atoms with Gasteiger partial charge in [0.15, 0.2) is 0 Å². The van der Waals surface area contributed by atoms with Crippen LogP contribution in [0.2, 0.25) is 0 Å². The Balaban J connectivity index is 2.74. The smallest absolute Gasteiger partial charge is 0.211 e. The number of alkyl halides is 2. The largest absolute Gasteiger partial charge is 0.370 e. The number of guanidine groups is 1. The average Bonchev–Trinajstić information content (AvgIpc) is 2.39. The van der Waals surface area contributed by atoms with Crippen LogP contribution in [-0.2, 0) is 0 Å². The highest BCUT2D eigenvalue weighted by molar-refractivity contribution is 9.09. The van der Waals surface area contributed by atoms with Crippen LogP contribution in [0.4, 0.5) is 5.69 Å². The van der Waals surface area contributed by atoms with Gasteiger partial charge in [-0.1, -0.05) is 44.0 Å². The van der Waals surface area contributed by atoms with Crippen molar-refractivity contribution in [3.63, 3.8) is 0 Å². The summed E-state index contributed by atoms with van der Waals surface area (Å²) in [5.41, 5.74) is 12.5. The van der Waals surface area contributed by atoms with Gasteiger partial charge in [0.25, 0.3) is 0 Å². The maximum Gasteiger partial charge on any atom is 0.211 e. The van der Waals surface area contributed by atoms with Gasteiger partial charge in [-0.2, -0.15) is 5.10 Å². The molecule has 0 saturated carbocycles. The number of nitrogens with zero attached hydrogens (tertiary/aromatic N) is 3. The monoisotopic (exact) mass is 389 g/mol. The standard InChI is InChI=1S/C12H17Br2N5/c13-5-7-19(8-6-14)11-3-1-10(2-4-11)9-17-18-12(15)16/h1-4,9H,5-8H2,(H4,15,16,18)/b17-9+. The molecule has 0 radical (unpaired) electrons. The summed E-state index contributed by atoms with van der Waals surface area (Å²) in [5, 5.41) is 9.20. The third kappa shape index (κ3) is 6.07. The van der Waals surface area contributed by atoms with Crippen molar-refractivity contribution < 1.29 is 0 Å². The minimum Gasteiger partial charge on any atom is -0.370 e. The lowest BCUT2D eigenvalue weighted by Gasteiger charge is -2.23. The molecule has 0 saturated heterocycles. The summed E-state index contributed by atoms with van der Waals surface area (Å²) < 4.78 is 0. The molecule has 0 aliphatic heterocycles. The molecule has 0 bridgehead atoms. The number of halogens is 2. The molecule has 0 aliphatic carbocycles. The quantitative estimate of drug-likeness (QED) is 0.323. The second-order valence-electron chi connectivity index (χ2n) is 3.73. The Morgan fingerprint density at radius 3 is 2.16 bits per heavy atom. The number of hydrogen-bond donors (Lipinski definition) is 2. The molecule has 5 nitrogen and oxygen atoms in total. The van der Waals surface area contributed by atoms with Crippen LogP contribution in [-0.4, -0.2) is 35.9 Å². The first-order valence-corrected chi connectivity index (χ1v) is 8.00. The van der Waals surface area contributed by atoms with Gasteiger partial charge in [0.05, 0.1) is 6.21 Å². The molecule has 0 aromatic heterocycles. The van der Waals surface area contributed by atoms with Crippen molar-refractivity contribution in [2.24, 2.45) is 21.7 Å². The van der Waals surface area contributed by atoms with E-state index in [1.807, 2.05) is 12.1 Å². The highest BCUT2D eigenvalue weighted by atomic mass is 79.9. The number of anilines is 1. The Kier molecular flexibility index (Phi) is 7.50. The van der Waals surface area contributed by atoms with E-state index < -0.39 is 0 Å². The van der Waals surface area contributed by atoms with Gasteiger partial charge in [-0.15, -0.1) is 5.10 Å². The summed E-state index contributed by atoms with van der Waals surface area (Å²) in [6.45, 7) is 1.93. The second-order valence-corrected chi connectivity index (χ2v) is 5.31. The van der Waals surface area contributed by atoms with Crippen LogP contribution in [0.25, 0.3) is 0 Å². The summed E-state index contributed by atoms with van der Waals surface area (Å²) in [5.74, 6) is -0.0475. The molecule has 4 N–H and O–H groups in total. The lowest BCUT2D eigenvalue weighted by molar-refractivity contribution is 0.885. The predicted molar refractivity (Wildman–Crippen MR) is 89.6 cm³/mol. The van der Waals surface area contributed by atoms with Gasteiger partial charge in [0.2, 0.25) is 5.96 Å². The van der Waals surface area contributed by atoms with Gasteiger partial charge < -0.3 is 16.4 Å². The molecule has 1 aromatic rings. The summed E-state index contributed by atoms with van der Waals surface area (Å²) in [6, 6.07) is 8.08. The summed E-state index contributed by atoms with van der Waals surface area (Å²) in [4.78, 5) is 2.29. The topological polar surface area (TPSA) is 80.0 Å². The fourth-order valence-electron chi connectivity index (χ4n) is 1.51. The second kappa shape index (κ2) is 8.92. The highest BCUT2D eigenvalue weighted by Gasteiger charge is 2.04. The number of hydrogen-bond acceptors (Lipinski definition) is 3. The highest BCUT2D eigenvalue weighted by Crippen LogP contribution is 2.15. The third-order valence-corrected chi connectivity index (χ3v) is 3.06. The van der Waals surface area contributed by atoms with E-state index >= 15 is 0 Å². The molecule has 0 spiro atoms. The lowest BCUT2D eigenvalue weighted by Crippen LogP contribution is -2.27. The van der Waals surface area contributed by atoms with Gasteiger partial charge in [-0.05, 0) is 17.7 Å². The zero-order valence-electron chi connectivity index (χ0n) is 10.5. The van der Waals surface area contributed by atoms with E-state index in [2.05, 4.69) is 59.1 Å². The molecule has 7 heteroatoms. The fourth-order valence-corrected chi connectivity index (χ4v) is 2.36. The molecule has 1 aromatic carbocycles. The third-order valence-electron chi connectivity index (χ3n) is 2.35. The van der Waals surface area contributed by atoms with Gasteiger partial charge in [0.1, 0.15) is 0 Å². The molecule has 0 amide bonds. The maximum absolute atomic E-state index is 5.19. The summed E-state index contributed by atoms with van der Waals surface area (Å²) in [6.07, 6.45) is 1.61. The first-order chi connectivity index (χ1) is 9.17. The van der Waals surface area contributed by atoms with Crippen LogP contribution in [0, 0.1) is 0 Å². The van der Waals surface area contributed by atoms with Gasteiger partial charge >= 0.3 is 0 Å². The Labute approximate surface area is 130 Å². The van der Waals surface area contributed by atoms with Crippen LogP contribution in [0.5, 0.6) is 0 Å². The van der Waals surface area contributed by atoms with Crippen molar-refractivity contribution in [2.45, 2.75) is 0 Å². The first kappa shape index (κ1) is 16.0. The van der Waals surface area contributed by atoms with E-state index in [9.17, 15) is 0 Å². The van der Waals surface area contributed by atoms with Crippen molar-refractivity contribution >= 4 is 49.7 Å². The van der Waals surface area contributed by atoms with E-state index in [0.717, 1.165) is 29.3 Å². The lowest BCUT2D eigenvalue weighted by atomic mass is 10.2. The molecule has 1 rings (SSSR count). The van der Waals surface area contributed by atoms with E-state index in [1.54, 1.807) is 6.21 Å². The molecule has 104 valence electrons. The van der Waals surface area contributed by atoms with Crippen LogP contribution in [0.15, 0.2) is 34.5 Å². The normalized spacial score (nSPS) is 10.6. The van der Waals surface area contributed by atoms with Gasteiger partial charge in [0, 0.05) is 29.4 Å². The number of nitrogens with two attached hydrogens (primary N) is 2. The first-order valence-electron chi connectivity index (χ1n) is 5.76. The van der Waals surface area contributed by atoms with Gasteiger partial charge in [-0.3, -0.25) is 0 Å². The Bertz CT molecular complexity index is 420. The Morgan fingerprint density at radius 2 is 1.68 bits per heavy atom. The van der Waals surface area contributed by atoms with Crippen molar-refractivity contribution in [2.75, 3.05) is 28.6 Å². The zero-order chi connectivity index (χ0) is 14.1. The molecule has 19 heavy (non-hydrogen) atoms. The number of rotatable bonds is 7. The van der Waals surface area contributed by atoms with E-state index in [1.165, 1.54) is 5.69 Å². The van der Waals surface area contributed by atoms with E-state index in [4.69, 9.17) is 11.5 Å². The summed E-state index contributed by atoms with van der Waals surface area (Å²) in [7, 11) is 0. The number of benzene rings is 1. The van der Waals surface area contributed by atoms with Crippen LogP contribution >= 0.6 is 31.9 Å². The molecule has 0 fully saturated rings.